The molecule has 2 nitrogen and oxygen atoms in total. The molecule has 0 atom stereocenters. The van der Waals surface area contributed by atoms with Gasteiger partial charge in [0.15, 0.2) is 0 Å². The summed E-state index contributed by atoms with van der Waals surface area (Å²) in [5.41, 5.74) is -0.377. The van der Waals surface area contributed by atoms with E-state index in [0.717, 1.165) is 7.11 Å². The average Bonchev–Trinajstić information content (AvgIpc) is 2.18. The summed E-state index contributed by atoms with van der Waals surface area (Å²) in [6.07, 6.45) is -1.19. The predicted octanol–water partition coefficient (Wildman–Crippen LogP) is 0.0597. The first-order valence-corrected chi connectivity index (χ1v) is 4.79. The normalized spacial score (nSPS) is 10.6. The van der Waals surface area contributed by atoms with Crippen LogP contribution in [0, 0.1) is 0 Å². The summed E-state index contributed by atoms with van der Waals surface area (Å²) in [5.74, 6) is -0.822. The molecule has 0 amide bonds. The molecule has 1 aromatic rings. The number of rotatable bonds is 3. The second-order valence-corrected chi connectivity index (χ2v) is 3.58. The number of halogens is 4. The van der Waals surface area contributed by atoms with Gasteiger partial charge in [0.05, 0.1) is 12.7 Å². The number of ether oxygens (including phenoxy) is 1. The van der Waals surface area contributed by atoms with Crippen LogP contribution in [-0.2, 0) is 11.1 Å². The van der Waals surface area contributed by atoms with Crippen LogP contribution in [-0.4, -0.2) is 20.1 Å². The van der Waals surface area contributed by atoms with Crippen molar-refractivity contribution in [1.82, 2.24) is 0 Å². The van der Waals surface area contributed by atoms with E-state index in [4.69, 9.17) is 11.6 Å². The maximum absolute atomic E-state index is 12.3. The minimum Gasteiger partial charge on any atom is -0.465 e. The van der Waals surface area contributed by atoms with E-state index in [1.54, 1.807) is 0 Å². The monoisotopic (exact) mass is 290 g/mol. The molecule has 0 bridgehead atoms. The van der Waals surface area contributed by atoms with Gasteiger partial charge in [-0.05, 0) is 17.7 Å². The Morgan fingerprint density at radius 1 is 1.41 bits per heavy atom. The van der Waals surface area contributed by atoms with Crippen LogP contribution in [0.2, 0.25) is 5.02 Å². The number of hydrogen-bond donors (Lipinski definition) is 0. The first-order valence-electron chi connectivity index (χ1n) is 4.42. The van der Waals surface area contributed by atoms with Crippen LogP contribution in [0.25, 0.3) is 0 Å². The summed E-state index contributed by atoms with van der Waals surface area (Å²) in [6.45, 7) is -5.05. The third kappa shape index (κ3) is 5.32. The largest absolute Gasteiger partial charge is 1.00 e. The average molecular weight is 291 g/mol. The summed E-state index contributed by atoms with van der Waals surface area (Å²) < 4.78 is 41.3. The van der Waals surface area contributed by atoms with Crippen LogP contribution < -0.4 is 51.4 Å². The van der Waals surface area contributed by atoms with Crippen molar-refractivity contribution in [3.8, 4) is 0 Å². The molecule has 88 valence electrons. The van der Waals surface area contributed by atoms with Crippen molar-refractivity contribution >= 4 is 24.5 Å². The smallest absolute Gasteiger partial charge is 0.465 e. The van der Waals surface area contributed by atoms with Crippen LogP contribution in [0.4, 0.5) is 12.9 Å². The van der Waals surface area contributed by atoms with Crippen molar-refractivity contribution in [3.63, 3.8) is 0 Å². The number of carbonyl (C=O) groups excluding carboxylic acids is 1. The Morgan fingerprint density at radius 2 is 2.00 bits per heavy atom. The van der Waals surface area contributed by atoms with E-state index in [0.29, 0.717) is 0 Å². The molecule has 0 saturated heterocycles. The summed E-state index contributed by atoms with van der Waals surface area (Å²) in [4.78, 5) is 11.2. The van der Waals surface area contributed by atoms with Crippen LogP contribution >= 0.6 is 11.6 Å². The van der Waals surface area contributed by atoms with E-state index in [1.807, 2.05) is 0 Å². The third-order valence-electron chi connectivity index (χ3n) is 1.96. The fourth-order valence-corrected chi connectivity index (χ4v) is 1.55. The summed E-state index contributed by atoms with van der Waals surface area (Å²) in [6, 6.07) is 3.97. The van der Waals surface area contributed by atoms with Crippen LogP contribution in [0.3, 0.4) is 0 Å². The zero-order chi connectivity index (χ0) is 12.3. The number of benzene rings is 1. The molecule has 17 heavy (non-hydrogen) atoms. The number of carbonyl (C=O) groups is 1. The fourth-order valence-electron chi connectivity index (χ4n) is 1.30. The maximum Gasteiger partial charge on any atom is 1.00 e. The van der Waals surface area contributed by atoms with Gasteiger partial charge >= 0.3 is 64.3 Å². The summed E-state index contributed by atoms with van der Waals surface area (Å²) >= 11 is 5.64. The van der Waals surface area contributed by atoms with Gasteiger partial charge in [0.1, 0.15) is 0 Å². The van der Waals surface area contributed by atoms with E-state index in [1.165, 1.54) is 18.2 Å². The molecule has 1 aromatic carbocycles. The predicted molar refractivity (Wildman–Crippen MR) is 55.6 cm³/mol. The Labute approximate surface area is 144 Å². The molecular formula is C9H8BClF3KO2. The van der Waals surface area contributed by atoms with Gasteiger partial charge in [-0.3, -0.25) is 0 Å². The molecule has 0 aromatic heterocycles. The van der Waals surface area contributed by atoms with Gasteiger partial charge in [0.25, 0.3) is 0 Å². The summed E-state index contributed by atoms with van der Waals surface area (Å²) in [5, 5.41) is -0.0814. The van der Waals surface area contributed by atoms with Gasteiger partial charge in [-0.1, -0.05) is 24.0 Å². The van der Waals surface area contributed by atoms with Crippen molar-refractivity contribution < 1.29 is 73.9 Å². The molecule has 0 aliphatic heterocycles. The Kier molecular flexibility index (Phi) is 7.36. The molecule has 0 unspecified atom stereocenters. The Morgan fingerprint density at radius 3 is 2.47 bits per heavy atom. The molecule has 0 saturated carbocycles. The first-order chi connectivity index (χ1) is 7.35. The second kappa shape index (κ2) is 7.16. The van der Waals surface area contributed by atoms with Gasteiger partial charge < -0.3 is 17.7 Å². The van der Waals surface area contributed by atoms with Crippen LogP contribution in [0.15, 0.2) is 18.2 Å². The number of methoxy groups -OCH3 is 1. The number of hydrogen-bond acceptors (Lipinski definition) is 2. The summed E-state index contributed by atoms with van der Waals surface area (Å²) in [7, 11) is 1.10. The molecule has 0 aliphatic rings. The third-order valence-corrected chi connectivity index (χ3v) is 2.31. The van der Waals surface area contributed by atoms with E-state index in [2.05, 4.69) is 4.74 Å². The molecule has 0 heterocycles. The van der Waals surface area contributed by atoms with E-state index >= 15 is 0 Å². The minimum atomic E-state index is -5.05. The molecule has 1 rings (SSSR count). The van der Waals surface area contributed by atoms with Crippen molar-refractivity contribution in [2.45, 2.75) is 6.32 Å². The van der Waals surface area contributed by atoms with Gasteiger partial charge in [-0.15, -0.1) is 0 Å². The van der Waals surface area contributed by atoms with E-state index in [-0.39, 0.29) is 67.5 Å². The molecule has 8 heteroatoms. The Hall–Kier alpha value is 0.471. The van der Waals surface area contributed by atoms with Crippen LogP contribution in [0.1, 0.15) is 15.9 Å². The number of esters is 1. The molecule has 0 radical (unpaired) electrons. The maximum atomic E-state index is 12.3. The van der Waals surface area contributed by atoms with Gasteiger partial charge in [-0.2, -0.15) is 0 Å². The molecule has 0 spiro atoms. The second-order valence-electron chi connectivity index (χ2n) is 3.17. The molecule has 0 N–H and O–H groups in total. The van der Waals surface area contributed by atoms with Crippen LogP contribution in [0.5, 0.6) is 0 Å². The van der Waals surface area contributed by atoms with Gasteiger partial charge in [0.2, 0.25) is 0 Å². The quantitative estimate of drug-likeness (QED) is 0.581. The molecular weight excluding hydrogens is 282 g/mol. The van der Waals surface area contributed by atoms with E-state index in [9.17, 15) is 17.7 Å². The zero-order valence-electron chi connectivity index (χ0n) is 9.34. The van der Waals surface area contributed by atoms with Gasteiger partial charge in [-0.25, -0.2) is 4.79 Å². The van der Waals surface area contributed by atoms with E-state index < -0.39 is 19.3 Å². The fraction of sp³-hybridized carbons (Fsp3) is 0.222. The van der Waals surface area contributed by atoms with Crippen molar-refractivity contribution in [2.75, 3.05) is 7.11 Å². The Balaban J connectivity index is 0.00000256. The standard InChI is InChI=1S/C9H8BClF3O2.K/c1-16-9(15)6-3-2-4-8(11)7(6)5-10(12,13)14;/h2-4H,5H2,1H3;/q-1;+1. The topological polar surface area (TPSA) is 26.3 Å². The molecule has 0 fully saturated rings. The van der Waals surface area contributed by atoms with Crippen molar-refractivity contribution in [1.29, 1.82) is 0 Å². The Bertz CT molecular complexity index is 412. The van der Waals surface area contributed by atoms with Crippen molar-refractivity contribution in [3.05, 3.63) is 34.3 Å². The SMILES string of the molecule is COC(=O)c1cccc(Cl)c1C[B-](F)(F)F.[K+]. The molecule has 0 aliphatic carbocycles. The van der Waals surface area contributed by atoms with Gasteiger partial charge in [0, 0.05) is 5.02 Å². The zero-order valence-corrected chi connectivity index (χ0v) is 13.2. The van der Waals surface area contributed by atoms with Crippen molar-refractivity contribution in [2.24, 2.45) is 0 Å². The first kappa shape index (κ1) is 17.5. The minimum absolute atomic E-state index is 0.